The molecular formula is C41H36N2O4. The maximum atomic E-state index is 13.9. The molecule has 4 aromatic rings. The van der Waals surface area contributed by atoms with Crippen LogP contribution in [0.3, 0.4) is 0 Å². The van der Waals surface area contributed by atoms with Gasteiger partial charge in [-0.15, -0.1) is 0 Å². The monoisotopic (exact) mass is 620 g/mol. The van der Waals surface area contributed by atoms with Crippen molar-refractivity contribution < 1.29 is 24.4 Å². The number of aromatic carboxylic acids is 1. The number of ketones is 1. The van der Waals surface area contributed by atoms with Crippen LogP contribution in [0.15, 0.2) is 138 Å². The summed E-state index contributed by atoms with van der Waals surface area (Å²) in [6.45, 7) is 9.40. The van der Waals surface area contributed by atoms with Gasteiger partial charge >= 0.3 is 5.97 Å². The number of hydrogen-bond donors (Lipinski definition) is 1. The van der Waals surface area contributed by atoms with Crippen LogP contribution in [0.1, 0.15) is 60.3 Å². The molecule has 4 aromatic carbocycles. The third kappa shape index (κ3) is 4.92. The van der Waals surface area contributed by atoms with Crippen LogP contribution in [0.25, 0.3) is 0 Å². The molecule has 3 aliphatic rings. The molecule has 0 unspecified atom stereocenters. The third-order valence-electron chi connectivity index (χ3n) is 9.85. The van der Waals surface area contributed by atoms with E-state index in [2.05, 4.69) is 47.6 Å². The molecule has 6 nitrogen and oxygen atoms in total. The summed E-state index contributed by atoms with van der Waals surface area (Å²) in [6, 6.07) is 33.5. The first-order valence-corrected chi connectivity index (χ1v) is 15.9. The predicted molar refractivity (Wildman–Crippen MR) is 182 cm³/mol. The fraction of sp³-hybridized carbons (Fsp3) is 0.195. The lowest BCUT2D eigenvalue weighted by Gasteiger charge is -2.33. The van der Waals surface area contributed by atoms with Crippen LogP contribution in [0, 0.1) is 0 Å². The Bertz CT molecular complexity index is 2080. The van der Waals surface area contributed by atoms with E-state index in [4.69, 9.17) is 0 Å². The summed E-state index contributed by atoms with van der Waals surface area (Å²) in [4.78, 5) is 27.9. The quantitative estimate of drug-likeness (QED) is 0.178. The van der Waals surface area contributed by atoms with Gasteiger partial charge in [0.25, 0.3) is 0 Å². The van der Waals surface area contributed by atoms with Gasteiger partial charge in [-0.25, -0.2) is 4.79 Å². The van der Waals surface area contributed by atoms with Gasteiger partial charge in [0, 0.05) is 57.8 Å². The molecular weight excluding hydrogens is 584 g/mol. The summed E-state index contributed by atoms with van der Waals surface area (Å²) in [5.41, 5.74) is 7.25. The zero-order valence-corrected chi connectivity index (χ0v) is 27.0. The number of carbonyl (C=O) groups excluding carboxylic acids is 1. The zero-order valence-electron chi connectivity index (χ0n) is 27.0. The first-order chi connectivity index (χ1) is 22.5. The molecule has 0 saturated heterocycles. The largest absolute Gasteiger partial charge is 0.871 e. The number of allylic oxidation sites excluding steroid dienone is 5. The van der Waals surface area contributed by atoms with Gasteiger partial charge in [0.1, 0.15) is 0 Å². The zero-order chi connectivity index (χ0) is 33.1. The van der Waals surface area contributed by atoms with Crippen molar-refractivity contribution in [2.24, 2.45) is 0 Å². The van der Waals surface area contributed by atoms with Gasteiger partial charge in [0.15, 0.2) is 18.0 Å². The second-order valence-corrected chi connectivity index (χ2v) is 13.5. The van der Waals surface area contributed by atoms with Crippen molar-refractivity contribution in [3.05, 3.63) is 166 Å². The molecule has 0 bridgehead atoms. The highest BCUT2D eigenvalue weighted by Crippen LogP contribution is 2.50. The standard InChI is InChI=1S/C41H36N2O4/c1-40(2)31-17-11-12-18-33(31)42(24-26-13-7-5-8-14-26)35(40)22-29-37(44)30(38(29)45)23-36-41(3,4)32-21-28(39(46)47)19-20-34(32)43(36)25-27-15-9-6-10-16-27/h5-23H,24-25H2,1-4H3,(H-,44,45,46,47). The molecule has 7 rings (SSSR count). The highest BCUT2D eigenvalue weighted by Gasteiger charge is 2.46. The van der Waals surface area contributed by atoms with Crippen molar-refractivity contribution in [3.63, 3.8) is 0 Å². The molecule has 0 fully saturated rings. The van der Waals surface area contributed by atoms with E-state index in [0.717, 1.165) is 45.0 Å². The topological polar surface area (TPSA) is 83.7 Å². The average molecular weight is 621 g/mol. The maximum absolute atomic E-state index is 13.9. The molecule has 2 aliphatic heterocycles. The molecule has 0 atom stereocenters. The summed E-state index contributed by atoms with van der Waals surface area (Å²) in [5.74, 6) is -1.56. The number of rotatable bonds is 7. The lowest BCUT2D eigenvalue weighted by molar-refractivity contribution is -0.455. The van der Waals surface area contributed by atoms with Crippen molar-refractivity contribution in [1.82, 2.24) is 0 Å². The van der Waals surface area contributed by atoms with Gasteiger partial charge in [0.2, 0.25) is 5.69 Å². The lowest BCUT2D eigenvalue weighted by atomic mass is 9.77. The van der Waals surface area contributed by atoms with Crippen LogP contribution in [-0.2, 0) is 28.7 Å². The third-order valence-corrected chi connectivity index (χ3v) is 9.85. The van der Waals surface area contributed by atoms with E-state index in [-0.39, 0.29) is 28.3 Å². The van der Waals surface area contributed by atoms with Gasteiger partial charge in [0.05, 0.1) is 11.0 Å². The summed E-state index contributed by atoms with van der Waals surface area (Å²) < 4.78 is 2.22. The number of fused-ring (bicyclic) bond motifs is 2. The summed E-state index contributed by atoms with van der Waals surface area (Å²) in [6.07, 6.45) is 3.53. The van der Waals surface area contributed by atoms with Crippen molar-refractivity contribution in [1.29, 1.82) is 0 Å². The van der Waals surface area contributed by atoms with Gasteiger partial charge < -0.3 is 15.1 Å². The van der Waals surface area contributed by atoms with E-state index in [1.54, 1.807) is 24.3 Å². The molecule has 1 N–H and O–H groups in total. The Kier molecular flexibility index (Phi) is 7.12. The lowest BCUT2D eigenvalue weighted by Crippen LogP contribution is -2.35. The number of benzene rings is 4. The Morgan fingerprint density at radius 1 is 0.809 bits per heavy atom. The highest BCUT2D eigenvalue weighted by molar-refractivity contribution is 6.24. The van der Waals surface area contributed by atoms with E-state index < -0.39 is 16.8 Å². The Hall–Kier alpha value is -5.49. The van der Waals surface area contributed by atoms with E-state index >= 15 is 0 Å². The van der Waals surface area contributed by atoms with E-state index in [0.29, 0.717) is 13.1 Å². The normalized spacial score (nSPS) is 19.3. The average Bonchev–Trinajstić information content (AvgIpc) is 3.41. The summed E-state index contributed by atoms with van der Waals surface area (Å²) in [7, 11) is 0. The molecule has 0 aromatic heterocycles. The van der Waals surface area contributed by atoms with Crippen LogP contribution < -0.4 is 10.0 Å². The Morgan fingerprint density at radius 2 is 1.45 bits per heavy atom. The molecule has 6 heteroatoms. The minimum atomic E-state index is -1.00. The molecule has 234 valence electrons. The van der Waals surface area contributed by atoms with Crippen molar-refractivity contribution in [2.75, 3.05) is 4.90 Å². The van der Waals surface area contributed by atoms with Crippen LogP contribution in [-0.4, -0.2) is 27.1 Å². The number of anilines is 1. The van der Waals surface area contributed by atoms with Crippen molar-refractivity contribution >= 4 is 28.8 Å². The molecule has 0 spiro atoms. The minimum absolute atomic E-state index is 0.146. The predicted octanol–water partition coefficient (Wildman–Crippen LogP) is 6.97. The fourth-order valence-electron chi connectivity index (χ4n) is 7.21. The van der Waals surface area contributed by atoms with Gasteiger partial charge in [-0.3, -0.25) is 4.79 Å². The van der Waals surface area contributed by atoms with Crippen molar-refractivity contribution in [2.45, 2.75) is 51.6 Å². The Morgan fingerprint density at radius 3 is 2.11 bits per heavy atom. The van der Waals surface area contributed by atoms with E-state index in [9.17, 15) is 19.8 Å². The minimum Gasteiger partial charge on any atom is -0.871 e. The van der Waals surface area contributed by atoms with Gasteiger partial charge in [-0.2, -0.15) is 4.58 Å². The number of carbonyl (C=O) groups is 2. The summed E-state index contributed by atoms with van der Waals surface area (Å²) >= 11 is 0. The number of hydrogen-bond acceptors (Lipinski definition) is 4. The number of carboxylic acid groups (broad SMARTS) is 1. The molecule has 0 amide bonds. The first-order valence-electron chi connectivity index (χ1n) is 15.9. The first kappa shape index (κ1) is 30.2. The van der Waals surface area contributed by atoms with Crippen LogP contribution >= 0.6 is 0 Å². The smallest absolute Gasteiger partial charge is 0.335 e. The number of nitrogens with zero attached hydrogens (tertiary/aromatic N) is 2. The maximum Gasteiger partial charge on any atom is 0.335 e. The second-order valence-electron chi connectivity index (χ2n) is 13.5. The van der Waals surface area contributed by atoms with Crippen molar-refractivity contribution in [3.8, 4) is 0 Å². The SMILES string of the molecule is CC1(C)C(=CC2=C([O-])C(=CC3=[N+](Cc4ccccc4)c4ccccc4C3(C)C)C2=O)N(Cc2ccccc2)c2ccc(C(=O)O)cc21. The Balaban J connectivity index is 1.33. The number of para-hydroxylation sites is 1. The molecule has 47 heavy (non-hydrogen) atoms. The van der Waals surface area contributed by atoms with Crippen LogP contribution in [0.2, 0.25) is 0 Å². The molecule has 2 heterocycles. The van der Waals surface area contributed by atoms with Gasteiger partial charge in [-0.05, 0) is 49.2 Å². The van der Waals surface area contributed by atoms with Crippen LogP contribution in [0.4, 0.5) is 11.4 Å². The van der Waals surface area contributed by atoms with E-state index in [1.807, 2.05) is 80.6 Å². The molecule has 0 saturated carbocycles. The number of Topliss-reactive ketones (excluding diaryl/α,β-unsaturated/α-hetero) is 1. The summed E-state index contributed by atoms with van der Waals surface area (Å²) in [5, 5.41) is 23.6. The van der Waals surface area contributed by atoms with E-state index in [1.165, 1.54) is 0 Å². The molecule has 1 aliphatic carbocycles. The molecule has 0 radical (unpaired) electrons. The highest BCUT2D eigenvalue weighted by atomic mass is 16.4. The fourth-order valence-corrected chi connectivity index (χ4v) is 7.21. The Labute approximate surface area is 274 Å². The second kappa shape index (κ2) is 11.1. The number of carboxylic acids is 1. The van der Waals surface area contributed by atoms with Gasteiger partial charge in [-0.1, -0.05) is 98.5 Å². The van der Waals surface area contributed by atoms with Crippen LogP contribution in [0.5, 0.6) is 0 Å².